The average molecular weight is 541 g/mol. The number of aromatic hydroxyl groups is 1. The van der Waals surface area contributed by atoms with Gasteiger partial charge < -0.3 is 34.1 Å². The molecule has 0 bridgehead atoms. The second kappa shape index (κ2) is 13.3. The molecule has 7 heteroatoms. The number of carbonyl (C=O) groups excluding carboxylic acids is 1. The topological polar surface area (TPSA) is 91.3 Å². The lowest BCUT2D eigenvalue weighted by Crippen LogP contribution is -2.51. The van der Waals surface area contributed by atoms with E-state index in [0.717, 1.165) is 34.2 Å². The van der Waals surface area contributed by atoms with E-state index < -0.39 is 6.09 Å². The molecule has 4 aromatic rings. The molecular weight excluding hydrogens is 506 g/mol. The van der Waals surface area contributed by atoms with Crippen LogP contribution in [0.5, 0.6) is 11.5 Å². The number of ether oxygens (including phenoxy) is 3. The standard InChI is InChI=1S/C33H35NO6/c35-31-9-4-3-8-28(31)23-38-18-5-19-39-29-14-12-26(13-15-29)30-16-17-34(33(36)37)21-32(30)40-22-24-10-11-25-6-1-2-7-27(25)20-24/h1-4,6-15,20,30,32,35H,5,16-19,21-23H2,(H,36,37)/p-1. The predicted molar refractivity (Wildman–Crippen MR) is 151 cm³/mol. The number of likely N-dealkylation sites (tertiary alicyclic amines) is 1. The third-order valence-electron chi connectivity index (χ3n) is 7.35. The number of carbonyl (C=O) groups is 1. The molecule has 1 fully saturated rings. The molecular formula is C33H34NO6-. The van der Waals surface area contributed by atoms with Crippen LogP contribution in [-0.2, 0) is 22.7 Å². The highest BCUT2D eigenvalue weighted by Gasteiger charge is 2.31. The molecule has 2 unspecified atom stereocenters. The van der Waals surface area contributed by atoms with E-state index in [-0.39, 0.29) is 24.3 Å². The number of hydrogen-bond donors (Lipinski definition) is 1. The maximum atomic E-state index is 11.6. The summed E-state index contributed by atoms with van der Waals surface area (Å²) in [5.41, 5.74) is 2.92. The van der Waals surface area contributed by atoms with Crippen LogP contribution >= 0.6 is 0 Å². The maximum Gasteiger partial charge on any atom is 0.137 e. The molecule has 0 radical (unpaired) electrons. The number of amides is 1. The predicted octanol–water partition coefficient (Wildman–Crippen LogP) is 5.25. The van der Waals surface area contributed by atoms with E-state index in [2.05, 4.69) is 30.3 Å². The van der Waals surface area contributed by atoms with Gasteiger partial charge in [-0.1, -0.05) is 66.7 Å². The number of rotatable bonds is 11. The van der Waals surface area contributed by atoms with Gasteiger partial charge in [-0.2, -0.15) is 0 Å². The number of nitrogens with zero attached hydrogens (tertiary/aromatic N) is 1. The number of benzene rings is 4. The Morgan fingerprint density at radius 3 is 2.48 bits per heavy atom. The number of fused-ring (bicyclic) bond motifs is 1. The van der Waals surface area contributed by atoms with Gasteiger partial charge in [-0.15, -0.1) is 0 Å². The van der Waals surface area contributed by atoms with E-state index in [9.17, 15) is 15.0 Å². The Morgan fingerprint density at radius 1 is 0.900 bits per heavy atom. The minimum absolute atomic E-state index is 0.0629. The van der Waals surface area contributed by atoms with Crippen LogP contribution in [0.15, 0.2) is 91.0 Å². The quantitative estimate of drug-likeness (QED) is 0.261. The molecule has 1 N–H and O–H groups in total. The second-order valence-corrected chi connectivity index (χ2v) is 10.1. The van der Waals surface area contributed by atoms with Crippen molar-refractivity contribution in [2.45, 2.75) is 38.1 Å². The molecule has 0 saturated carbocycles. The Hall–Kier alpha value is -4.07. The summed E-state index contributed by atoms with van der Waals surface area (Å²) in [6.07, 6.45) is -0.0655. The van der Waals surface area contributed by atoms with E-state index >= 15 is 0 Å². The number of phenolic OH excluding ortho intramolecular Hbond substituents is 1. The van der Waals surface area contributed by atoms with Gasteiger partial charge >= 0.3 is 0 Å². The van der Waals surface area contributed by atoms with E-state index in [1.165, 1.54) is 10.3 Å². The molecule has 0 aliphatic carbocycles. The first-order valence-electron chi connectivity index (χ1n) is 13.7. The normalized spacial score (nSPS) is 17.1. The van der Waals surface area contributed by atoms with Crippen molar-refractivity contribution in [3.05, 3.63) is 108 Å². The van der Waals surface area contributed by atoms with Crippen LogP contribution in [0.25, 0.3) is 10.8 Å². The summed E-state index contributed by atoms with van der Waals surface area (Å²) in [5.74, 6) is 1.07. The summed E-state index contributed by atoms with van der Waals surface area (Å²) in [6, 6.07) is 29.6. The average Bonchev–Trinajstić information content (AvgIpc) is 2.98. The Balaban J connectivity index is 1.14. The first kappa shape index (κ1) is 27.5. The van der Waals surface area contributed by atoms with Crippen molar-refractivity contribution in [3.8, 4) is 11.5 Å². The molecule has 7 nitrogen and oxygen atoms in total. The SMILES string of the molecule is O=C([O-])N1CCC(c2ccc(OCCCOCc3ccccc3O)cc2)C(OCc2ccc3ccccc3c2)C1. The summed E-state index contributed by atoms with van der Waals surface area (Å²) < 4.78 is 17.9. The third-order valence-corrected chi connectivity index (χ3v) is 7.35. The molecule has 0 aromatic heterocycles. The molecule has 1 aliphatic rings. The fourth-order valence-electron chi connectivity index (χ4n) is 5.14. The smallest absolute Gasteiger partial charge is 0.137 e. The summed E-state index contributed by atoms with van der Waals surface area (Å²) in [4.78, 5) is 12.9. The zero-order valence-electron chi connectivity index (χ0n) is 22.4. The fourth-order valence-corrected chi connectivity index (χ4v) is 5.14. The van der Waals surface area contributed by atoms with Crippen molar-refractivity contribution in [3.63, 3.8) is 0 Å². The molecule has 0 spiro atoms. The van der Waals surface area contributed by atoms with Crippen LogP contribution in [0.1, 0.15) is 35.4 Å². The minimum Gasteiger partial charge on any atom is -0.530 e. The monoisotopic (exact) mass is 540 g/mol. The molecule has 1 heterocycles. The van der Waals surface area contributed by atoms with Crippen molar-refractivity contribution in [2.24, 2.45) is 0 Å². The zero-order chi connectivity index (χ0) is 27.7. The summed E-state index contributed by atoms with van der Waals surface area (Å²) in [6.45, 7) is 2.50. The van der Waals surface area contributed by atoms with E-state index in [4.69, 9.17) is 14.2 Å². The molecule has 40 heavy (non-hydrogen) atoms. The van der Waals surface area contributed by atoms with Crippen molar-refractivity contribution in [2.75, 3.05) is 26.3 Å². The number of hydrogen-bond acceptors (Lipinski definition) is 6. The van der Waals surface area contributed by atoms with Crippen molar-refractivity contribution >= 4 is 16.9 Å². The Labute approximate surface area is 234 Å². The van der Waals surface area contributed by atoms with Crippen molar-refractivity contribution in [1.82, 2.24) is 4.90 Å². The number of phenols is 1. The lowest BCUT2D eigenvalue weighted by molar-refractivity contribution is -0.268. The molecule has 1 amide bonds. The second-order valence-electron chi connectivity index (χ2n) is 10.1. The van der Waals surface area contributed by atoms with E-state index in [1.54, 1.807) is 12.1 Å². The van der Waals surface area contributed by atoms with Gasteiger partial charge in [0.15, 0.2) is 0 Å². The Kier molecular flexibility index (Phi) is 9.16. The summed E-state index contributed by atoms with van der Waals surface area (Å²) in [5, 5.41) is 23.7. The lowest BCUT2D eigenvalue weighted by atomic mass is 9.87. The van der Waals surface area contributed by atoms with Crippen LogP contribution in [-0.4, -0.2) is 48.5 Å². The molecule has 1 aliphatic heterocycles. The molecule has 5 rings (SSSR count). The van der Waals surface area contributed by atoms with E-state index in [1.807, 2.05) is 48.5 Å². The highest BCUT2D eigenvalue weighted by molar-refractivity contribution is 5.82. The highest BCUT2D eigenvalue weighted by atomic mass is 16.5. The Bertz CT molecular complexity index is 1410. The number of carboxylic acid groups (broad SMARTS) is 1. The molecule has 2 atom stereocenters. The Morgan fingerprint density at radius 2 is 1.68 bits per heavy atom. The van der Waals surface area contributed by atoms with Gasteiger partial charge in [0.25, 0.3) is 0 Å². The van der Waals surface area contributed by atoms with Gasteiger partial charge in [0.05, 0.1) is 32.5 Å². The maximum absolute atomic E-state index is 11.6. The van der Waals surface area contributed by atoms with E-state index in [0.29, 0.717) is 39.4 Å². The first-order chi connectivity index (χ1) is 19.6. The third kappa shape index (κ3) is 7.11. The van der Waals surface area contributed by atoms with Crippen LogP contribution in [0.4, 0.5) is 4.79 Å². The highest BCUT2D eigenvalue weighted by Crippen LogP contribution is 2.32. The van der Waals surface area contributed by atoms with Gasteiger partial charge in [0.1, 0.15) is 17.6 Å². The summed E-state index contributed by atoms with van der Waals surface area (Å²) >= 11 is 0. The van der Waals surface area contributed by atoms with Gasteiger partial charge in [0.2, 0.25) is 0 Å². The summed E-state index contributed by atoms with van der Waals surface area (Å²) in [7, 11) is 0. The van der Waals surface area contributed by atoms with Crippen LogP contribution in [0.2, 0.25) is 0 Å². The first-order valence-corrected chi connectivity index (χ1v) is 13.7. The number of piperidine rings is 1. The van der Waals surface area contributed by atoms with Gasteiger partial charge in [-0.05, 0) is 52.6 Å². The van der Waals surface area contributed by atoms with Crippen LogP contribution in [0, 0.1) is 0 Å². The van der Waals surface area contributed by atoms with Gasteiger partial charge in [-0.25, -0.2) is 0 Å². The minimum atomic E-state index is -1.16. The van der Waals surface area contributed by atoms with Crippen molar-refractivity contribution in [1.29, 1.82) is 0 Å². The van der Waals surface area contributed by atoms with Gasteiger partial charge in [0, 0.05) is 31.0 Å². The largest absolute Gasteiger partial charge is 0.530 e. The lowest BCUT2D eigenvalue weighted by Gasteiger charge is -2.40. The van der Waals surface area contributed by atoms with Crippen molar-refractivity contribution < 1.29 is 29.2 Å². The molecule has 1 saturated heterocycles. The van der Waals surface area contributed by atoms with Crippen LogP contribution < -0.4 is 9.84 Å². The number of para-hydroxylation sites is 1. The van der Waals surface area contributed by atoms with Crippen LogP contribution in [0.3, 0.4) is 0 Å². The fraction of sp³-hybridized carbons (Fsp3) is 0.303. The zero-order valence-corrected chi connectivity index (χ0v) is 22.4. The van der Waals surface area contributed by atoms with Gasteiger partial charge in [-0.3, -0.25) is 0 Å². The molecule has 208 valence electrons. The molecule has 4 aromatic carbocycles.